The molecule has 5 nitrogen and oxygen atoms in total. The van der Waals surface area contributed by atoms with Crippen LogP contribution in [0.1, 0.15) is 16.7 Å². The van der Waals surface area contributed by atoms with Crippen LogP contribution < -0.4 is 4.90 Å². The number of aryl methyl sites for hydroxylation is 1. The summed E-state index contributed by atoms with van der Waals surface area (Å²) in [7, 11) is -3.62. The van der Waals surface area contributed by atoms with Crippen LogP contribution in [0, 0.1) is 24.1 Å². The minimum atomic E-state index is -3.62. The molecule has 1 aliphatic heterocycles. The summed E-state index contributed by atoms with van der Waals surface area (Å²) in [6.45, 7) is 2.08. The summed E-state index contributed by atoms with van der Waals surface area (Å²) in [4.78, 5) is 1.49. The highest BCUT2D eigenvalue weighted by Crippen LogP contribution is 2.32. The smallest absolute Gasteiger partial charge is 0.178 e. The van der Waals surface area contributed by atoms with Crippen molar-refractivity contribution in [1.82, 2.24) is 0 Å². The molecule has 128 valence electrons. The highest BCUT2D eigenvalue weighted by Gasteiger charge is 2.22. The molecule has 7 heteroatoms. The molecular formula is C18H15FN2O3S. The van der Waals surface area contributed by atoms with E-state index in [0.29, 0.717) is 16.8 Å². The number of nitrogens with zero attached hydrogens (tertiary/aromatic N) is 2. The molecule has 2 aromatic rings. The van der Waals surface area contributed by atoms with Gasteiger partial charge in [-0.3, -0.25) is 0 Å². The van der Waals surface area contributed by atoms with Crippen molar-refractivity contribution in [2.45, 2.75) is 11.8 Å². The van der Waals surface area contributed by atoms with E-state index in [9.17, 15) is 12.8 Å². The number of halogens is 1. The molecule has 0 aromatic heterocycles. The molecule has 25 heavy (non-hydrogen) atoms. The SMILES string of the molecule is Cc1cc(N2COC=C2c2ccc(S(C)(=O)=O)c(F)c2)ccc1C#N. The number of ether oxygens (including phenoxy) is 1. The average Bonchev–Trinajstić information content (AvgIpc) is 3.03. The molecule has 0 atom stereocenters. The summed E-state index contributed by atoms with van der Waals surface area (Å²) in [5.74, 6) is -0.802. The van der Waals surface area contributed by atoms with Gasteiger partial charge >= 0.3 is 0 Å². The van der Waals surface area contributed by atoms with Gasteiger partial charge < -0.3 is 9.64 Å². The first-order valence-corrected chi connectivity index (χ1v) is 9.30. The number of rotatable bonds is 3. The molecule has 0 amide bonds. The molecule has 0 fully saturated rings. The zero-order valence-corrected chi connectivity index (χ0v) is 14.5. The normalized spacial score (nSPS) is 14.0. The van der Waals surface area contributed by atoms with Gasteiger partial charge in [-0.05, 0) is 42.8 Å². The van der Waals surface area contributed by atoms with E-state index in [1.807, 2.05) is 17.9 Å². The van der Waals surface area contributed by atoms with Crippen molar-refractivity contribution >= 4 is 21.2 Å². The number of hydrogen-bond donors (Lipinski definition) is 0. The Balaban J connectivity index is 1.99. The molecule has 0 spiro atoms. The van der Waals surface area contributed by atoms with Gasteiger partial charge in [0.25, 0.3) is 0 Å². The molecule has 0 unspecified atom stereocenters. The Hall–Kier alpha value is -2.85. The van der Waals surface area contributed by atoms with E-state index < -0.39 is 15.7 Å². The Morgan fingerprint density at radius 2 is 2.00 bits per heavy atom. The van der Waals surface area contributed by atoms with Crippen molar-refractivity contribution in [3.63, 3.8) is 0 Å². The second-order valence-electron chi connectivity index (χ2n) is 5.76. The van der Waals surface area contributed by atoms with Crippen molar-refractivity contribution < 1.29 is 17.5 Å². The van der Waals surface area contributed by atoms with E-state index in [2.05, 4.69) is 6.07 Å². The van der Waals surface area contributed by atoms with Crippen molar-refractivity contribution in [2.24, 2.45) is 0 Å². The molecule has 2 aromatic carbocycles. The topological polar surface area (TPSA) is 70.4 Å². The zero-order chi connectivity index (χ0) is 18.2. The van der Waals surface area contributed by atoms with E-state index in [4.69, 9.17) is 10.00 Å². The van der Waals surface area contributed by atoms with Gasteiger partial charge in [-0.15, -0.1) is 0 Å². The van der Waals surface area contributed by atoms with E-state index in [-0.39, 0.29) is 11.6 Å². The summed E-state index contributed by atoms with van der Waals surface area (Å²) in [6, 6.07) is 11.4. The van der Waals surface area contributed by atoms with Crippen LogP contribution in [0.25, 0.3) is 5.70 Å². The van der Waals surface area contributed by atoms with E-state index >= 15 is 0 Å². The van der Waals surface area contributed by atoms with E-state index in [0.717, 1.165) is 17.5 Å². The third-order valence-corrected chi connectivity index (χ3v) is 5.09. The van der Waals surface area contributed by atoms with Gasteiger partial charge in [-0.25, -0.2) is 12.8 Å². The lowest BCUT2D eigenvalue weighted by Crippen LogP contribution is -2.18. The van der Waals surface area contributed by atoms with Crippen molar-refractivity contribution in [1.29, 1.82) is 5.26 Å². The maximum absolute atomic E-state index is 14.2. The quantitative estimate of drug-likeness (QED) is 0.843. The van der Waals surface area contributed by atoms with Gasteiger partial charge in [-0.2, -0.15) is 5.26 Å². The van der Waals surface area contributed by atoms with Crippen LogP contribution in [-0.4, -0.2) is 21.4 Å². The highest BCUT2D eigenvalue weighted by molar-refractivity contribution is 7.90. The van der Waals surface area contributed by atoms with Crippen LogP contribution in [0.15, 0.2) is 47.6 Å². The molecule has 0 radical (unpaired) electrons. The number of hydrogen-bond acceptors (Lipinski definition) is 5. The van der Waals surface area contributed by atoms with Gasteiger partial charge in [0.2, 0.25) is 0 Å². The molecular weight excluding hydrogens is 343 g/mol. The number of sulfone groups is 1. The Labute approximate surface area is 145 Å². The molecule has 0 aliphatic carbocycles. The van der Waals surface area contributed by atoms with Crippen molar-refractivity contribution in [2.75, 3.05) is 17.9 Å². The van der Waals surface area contributed by atoms with Crippen molar-refractivity contribution in [3.05, 3.63) is 65.2 Å². The van der Waals surface area contributed by atoms with Crippen LogP contribution in [0.2, 0.25) is 0 Å². The molecule has 1 aliphatic rings. The molecule has 0 N–H and O–H groups in total. The third kappa shape index (κ3) is 3.21. The number of benzene rings is 2. The molecule has 0 saturated heterocycles. The fourth-order valence-electron chi connectivity index (χ4n) is 2.66. The van der Waals surface area contributed by atoms with Crippen molar-refractivity contribution in [3.8, 4) is 6.07 Å². The monoisotopic (exact) mass is 358 g/mol. The second kappa shape index (κ2) is 6.22. The van der Waals surface area contributed by atoms with E-state index in [1.165, 1.54) is 18.4 Å². The lowest BCUT2D eigenvalue weighted by Gasteiger charge is -2.21. The van der Waals surface area contributed by atoms with Gasteiger partial charge in [0.05, 0.1) is 17.3 Å². The largest absolute Gasteiger partial charge is 0.478 e. The summed E-state index contributed by atoms with van der Waals surface area (Å²) in [5, 5.41) is 9.04. The third-order valence-electron chi connectivity index (χ3n) is 3.96. The van der Waals surface area contributed by atoms with Crippen LogP contribution in [0.4, 0.5) is 10.1 Å². The lowest BCUT2D eigenvalue weighted by molar-refractivity contribution is 0.282. The Bertz CT molecular complexity index is 1020. The Kier molecular flexibility index (Phi) is 4.23. The second-order valence-corrected chi connectivity index (χ2v) is 7.74. The summed E-state index contributed by atoms with van der Waals surface area (Å²) >= 11 is 0. The molecule has 0 bridgehead atoms. The van der Waals surface area contributed by atoms with Crippen LogP contribution in [-0.2, 0) is 14.6 Å². The zero-order valence-electron chi connectivity index (χ0n) is 13.7. The van der Waals surface area contributed by atoms with Crippen LogP contribution >= 0.6 is 0 Å². The van der Waals surface area contributed by atoms with Gasteiger partial charge in [0, 0.05) is 17.5 Å². The first kappa shape index (κ1) is 17.0. The number of anilines is 1. The Morgan fingerprint density at radius 1 is 1.24 bits per heavy atom. The van der Waals surface area contributed by atoms with Gasteiger partial charge in [-0.1, -0.05) is 6.07 Å². The first-order valence-electron chi connectivity index (χ1n) is 7.41. The fourth-order valence-corrected chi connectivity index (χ4v) is 3.39. The van der Waals surface area contributed by atoms with E-state index in [1.54, 1.807) is 18.2 Å². The predicted molar refractivity (Wildman–Crippen MR) is 91.8 cm³/mol. The fraction of sp³-hybridized carbons (Fsp3) is 0.167. The number of nitriles is 1. The summed E-state index contributed by atoms with van der Waals surface area (Å²) in [5.41, 5.74) is 3.32. The minimum Gasteiger partial charge on any atom is -0.478 e. The van der Waals surface area contributed by atoms with Crippen LogP contribution in [0.3, 0.4) is 0 Å². The summed E-state index contributed by atoms with van der Waals surface area (Å²) < 4.78 is 42.7. The van der Waals surface area contributed by atoms with Crippen LogP contribution in [0.5, 0.6) is 0 Å². The highest BCUT2D eigenvalue weighted by atomic mass is 32.2. The van der Waals surface area contributed by atoms with Gasteiger partial charge in [0.1, 0.15) is 17.0 Å². The first-order chi connectivity index (χ1) is 11.8. The summed E-state index contributed by atoms with van der Waals surface area (Å²) in [6.07, 6.45) is 2.47. The maximum Gasteiger partial charge on any atom is 0.178 e. The average molecular weight is 358 g/mol. The molecule has 1 heterocycles. The standard InChI is InChI=1S/C18H15FN2O3S/c1-12-7-15(5-3-14(12)9-20)21-11-24-10-17(21)13-4-6-18(16(19)8-13)25(2,22)23/h3-8,10H,11H2,1-2H3. The maximum atomic E-state index is 14.2. The Morgan fingerprint density at radius 3 is 2.60 bits per heavy atom. The minimum absolute atomic E-state index is 0.246. The van der Waals surface area contributed by atoms with Gasteiger partial charge in [0.15, 0.2) is 16.6 Å². The molecule has 0 saturated carbocycles. The lowest BCUT2D eigenvalue weighted by atomic mass is 10.1. The predicted octanol–water partition coefficient (Wildman–Crippen LogP) is 3.20. The molecule has 3 rings (SSSR count).